The molecule has 3 heteroatoms. The van der Waals surface area contributed by atoms with Crippen molar-refractivity contribution in [3.05, 3.63) is 0 Å². The van der Waals surface area contributed by atoms with Crippen LogP contribution in [0, 0.1) is 0 Å². The highest BCUT2D eigenvalue weighted by Gasteiger charge is 2.28. The number of hydrogen-bond acceptors (Lipinski definition) is 2. The number of rotatable bonds is 0. The Morgan fingerprint density at radius 1 is 1.78 bits per heavy atom. The van der Waals surface area contributed by atoms with Crippen molar-refractivity contribution >= 4 is 16.7 Å². The Balaban J connectivity index is 2.44. The van der Waals surface area contributed by atoms with E-state index in [4.69, 9.17) is 5.73 Å². The van der Waals surface area contributed by atoms with E-state index >= 15 is 0 Å². The van der Waals surface area contributed by atoms with Gasteiger partial charge in [-0.05, 0) is 10.9 Å². The van der Waals surface area contributed by atoms with Gasteiger partial charge in [0.15, 0.2) is 11.5 Å². The number of hydrogen-bond donors (Lipinski definition) is 1. The monoisotopic (exact) mass is 146 g/mol. The van der Waals surface area contributed by atoms with Crippen molar-refractivity contribution < 1.29 is 4.79 Å². The predicted molar refractivity (Wildman–Crippen MR) is 40.6 cm³/mol. The highest BCUT2D eigenvalue weighted by atomic mass is 32.2. The zero-order valence-corrected chi connectivity index (χ0v) is 6.41. The fourth-order valence-corrected chi connectivity index (χ4v) is 2.41. The van der Waals surface area contributed by atoms with Gasteiger partial charge in [-0.1, -0.05) is 0 Å². The van der Waals surface area contributed by atoms with Crippen LogP contribution in [-0.4, -0.2) is 29.6 Å². The fourth-order valence-electron chi connectivity index (χ4n) is 0.911. The van der Waals surface area contributed by atoms with Crippen molar-refractivity contribution in [2.45, 2.75) is 12.5 Å². The van der Waals surface area contributed by atoms with Crippen molar-refractivity contribution in [3.63, 3.8) is 0 Å². The van der Waals surface area contributed by atoms with E-state index in [1.54, 1.807) is 0 Å². The van der Waals surface area contributed by atoms with Gasteiger partial charge in [0.1, 0.15) is 5.75 Å². The highest BCUT2D eigenvalue weighted by Crippen LogP contribution is 2.06. The Morgan fingerprint density at radius 3 is 2.89 bits per heavy atom. The Bertz CT molecular complexity index is 126. The maximum atomic E-state index is 10.9. The van der Waals surface area contributed by atoms with Gasteiger partial charge >= 0.3 is 0 Å². The molecule has 1 aliphatic heterocycles. The van der Waals surface area contributed by atoms with E-state index in [2.05, 4.69) is 6.26 Å². The molecule has 2 nitrogen and oxygen atoms in total. The summed E-state index contributed by atoms with van der Waals surface area (Å²) in [6.07, 6.45) is 3.03. The second kappa shape index (κ2) is 2.71. The van der Waals surface area contributed by atoms with E-state index in [1.165, 1.54) is 0 Å². The molecule has 0 radical (unpaired) electrons. The van der Waals surface area contributed by atoms with Gasteiger partial charge in [-0.25, -0.2) is 0 Å². The molecule has 1 rings (SSSR count). The molecule has 1 aliphatic rings. The lowest BCUT2D eigenvalue weighted by Crippen LogP contribution is -2.41. The number of carbonyl (C=O) groups excluding carboxylic acids is 1. The summed E-state index contributed by atoms with van der Waals surface area (Å²) in [6.45, 7) is 0. The number of nitrogens with two attached hydrogens (primary N) is 1. The smallest absolute Gasteiger partial charge is 0.198 e. The zero-order valence-electron chi connectivity index (χ0n) is 5.59. The van der Waals surface area contributed by atoms with Gasteiger partial charge in [0.2, 0.25) is 0 Å². The molecule has 52 valence electrons. The largest absolute Gasteiger partial charge is 0.321 e. The normalized spacial score (nSPS) is 36.9. The first kappa shape index (κ1) is 7.09. The number of Topliss-reactive ketones (excluding diaryl/α,β-unsaturated/α-hetero) is 1. The van der Waals surface area contributed by atoms with Crippen molar-refractivity contribution in [1.29, 1.82) is 0 Å². The first-order valence-corrected chi connectivity index (χ1v) is 5.04. The van der Waals surface area contributed by atoms with Crippen LogP contribution in [0.25, 0.3) is 0 Å². The molecular weight excluding hydrogens is 134 g/mol. The van der Waals surface area contributed by atoms with E-state index in [-0.39, 0.29) is 11.8 Å². The average molecular weight is 146 g/mol. The summed E-state index contributed by atoms with van der Waals surface area (Å²) in [5.41, 5.74) is 5.50. The van der Waals surface area contributed by atoms with Gasteiger partial charge in [0, 0.05) is 6.42 Å². The maximum absolute atomic E-state index is 10.9. The minimum Gasteiger partial charge on any atom is -0.321 e. The van der Waals surface area contributed by atoms with Crippen LogP contribution >= 0.6 is 0 Å². The molecule has 2 unspecified atom stereocenters. The highest BCUT2D eigenvalue weighted by molar-refractivity contribution is 7.96. The minimum absolute atomic E-state index is 0.145. The van der Waals surface area contributed by atoms with Crippen molar-refractivity contribution in [2.75, 3.05) is 17.8 Å². The Labute approximate surface area is 58.2 Å². The third kappa shape index (κ3) is 1.69. The predicted octanol–water partition coefficient (Wildman–Crippen LogP) is -0.465. The molecule has 0 bridgehead atoms. The van der Waals surface area contributed by atoms with Crippen LogP contribution in [-0.2, 0) is 15.7 Å². The van der Waals surface area contributed by atoms with Crippen molar-refractivity contribution in [1.82, 2.24) is 0 Å². The van der Waals surface area contributed by atoms with Gasteiger partial charge in [0.25, 0.3) is 0 Å². The molecular formula is C6H12NOS+. The van der Waals surface area contributed by atoms with Crippen LogP contribution in [0.2, 0.25) is 0 Å². The van der Waals surface area contributed by atoms with Crippen molar-refractivity contribution in [3.8, 4) is 0 Å². The topological polar surface area (TPSA) is 43.1 Å². The molecule has 0 spiro atoms. The van der Waals surface area contributed by atoms with Crippen LogP contribution in [0.15, 0.2) is 0 Å². The summed E-state index contributed by atoms with van der Waals surface area (Å²) in [7, 11) is 0.329. The van der Waals surface area contributed by atoms with Crippen LogP contribution in [0.3, 0.4) is 0 Å². The summed E-state index contributed by atoms with van der Waals surface area (Å²) >= 11 is 0. The SMILES string of the molecule is C[S+]1CCC(N)C(=O)C1. The van der Waals surface area contributed by atoms with Crippen LogP contribution in [0.1, 0.15) is 6.42 Å². The van der Waals surface area contributed by atoms with Gasteiger partial charge in [-0.15, -0.1) is 0 Å². The van der Waals surface area contributed by atoms with Gasteiger partial charge in [0.05, 0.1) is 12.3 Å². The van der Waals surface area contributed by atoms with E-state index in [9.17, 15) is 4.79 Å². The van der Waals surface area contributed by atoms with E-state index in [1.807, 2.05) is 0 Å². The summed E-state index contributed by atoms with van der Waals surface area (Å²) in [5.74, 6) is 2.13. The molecule has 0 aromatic carbocycles. The number of ketones is 1. The molecule has 2 atom stereocenters. The Hall–Kier alpha value is -0.0200. The fraction of sp³-hybridized carbons (Fsp3) is 0.833. The first-order chi connectivity index (χ1) is 4.20. The summed E-state index contributed by atoms with van der Waals surface area (Å²) in [5, 5.41) is 0. The van der Waals surface area contributed by atoms with Crippen molar-refractivity contribution in [2.24, 2.45) is 5.73 Å². The molecule has 9 heavy (non-hydrogen) atoms. The summed E-state index contributed by atoms with van der Waals surface area (Å²) in [4.78, 5) is 10.9. The minimum atomic E-state index is -0.145. The molecule has 0 aromatic rings. The van der Waals surface area contributed by atoms with Crippen LogP contribution in [0.4, 0.5) is 0 Å². The molecule has 0 aliphatic carbocycles. The maximum Gasteiger partial charge on any atom is 0.198 e. The quantitative estimate of drug-likeness (QED) is 0.470. The molecule has 0 aromatic heterocycles. The molecule has 1 saturated heterocycles. The van der Waals surface area contributed by atoms with E-state index in [0.29, 0.717) is 10.9 Å². The first-order valence-electron chi connectivity index (χ1n) is 3.07. The molecule has 0 saturated carbocycles. The molecule has 1 heterocycles. The Kier molecular flexibility index (Phi) is 2.13. The van der Waals surface area contributed by atoms with E-state index in [0.717, 1.165) is 17.9 Å². The lowest BCUT2D eigenvalue weighted by atomic mass is 10.2. The third-order valence-electron chi connectivity index (χ3n) is 1.58. The second-order valence-corrected chi connectivity index (χ2v) is 4.75. The standard InChI is InChI=1S/C6H12NOS/c1-9-3-2-5(7)6(8)4-9/h5H,2-4,7H2,1H3/q+1. The third-order valence-corrected chi connectivity index (χ3v) is 3.29. The molecule has 0 amide bonds. The molecule has 2 N–H and O–H groups in total. The number of carbonyl (C=O) groups is 1. The average Bonchev–Trinajstić information content (AvgIpc) is 1.80. The lowest BCUT2D eigenvalue weighted by Gasteiger charge is -2.14. The Morgan fingerprint density at radius 2 is 2.44 bits per heavy atom. The molecule has 1 fully saturated rings. The lowest BCUT2D eigenvalue weighted by molar-refractivity contribution is -0.118. The van der Waals surface area contributed by atoms with Crippen LogP contribution < -0.4 is 5.73 Å². The van der Waals surface area contributed by atoms with E-state index < -0.39 is 0 Å². The summed E-state index contributed by atoms with van der Waals surface area (Å²) < 4.78 is 0. The summed E-state index contributed by atoms with van der Waals surface area (Å²) in [6, 6.07) is -0.145. The van der Waals surface area contributed by atoms with Gasteiger partial charge in [-0.3, -0.25) is 4.79 Å². The second-order valence-electron chi connectivity index (χ2n) is 2.49. The van der Waals surface area contributed by atoms with Crippen LogP contribution in [0.5, 0.6) is 0 Å². The van der Waals surface area contributed by atoms with Gasteiger partial charge in [-0.2, -0.15) is 0 Å². The van der Waals surface area contributed by atoms with Gasteiger partial charge < -0.3 is 5.73 Å². The zero-order chi connectivity index (χ0) is 6.85.